The highest BCUT2D eigenvalue weighted by molar-refractivity contribution is 5.17. The minimum absolute atomic E-state index is 0.0466. The van der Waals surface area contributed by atoms with Gasteiger partial charge in [0.2, 0.25) is 0 Å². The van der Waals surface area contributed by atoms with Crippen LogP contribution in [0.5, 0.6) is 0 Å². The number of ether oxygens (including phenoxy) is 1. The Bertz CT molecular complexity index is 552. The zero-order valence-electron chi connectivity index (χ0n) is 15.7. The second-order valence-electron chi connectivity index (χ2n) is 6.75. The number of benzene rings is 2. The standard InChI is InChI=1S/C22H31FN2O/c1-2-3-14-22(24)26-18-21(23)17-25(15-19-10-6-4-7-11-19)16-20-12-8-5-9-13-20/h4-13,21-22H,2-3,14-18,24H2,1H3. The van der Waals surface area contributed by atoms with Crippen LogP contribution in [0.25, 0.3) is 0 Å². The predicted molar refractivity (Wildman–Crippen MR) is 105 cm³/mol. The van der Waals surface area contributed by atoms with E-state index in [0.717, 1.165) is 19.3 Å². The lowest BCUT2D eigenvalue weighted by Gasteiger charge is -2.25. The first-order valence-corrected chi connectivity index (χ1v) is 9.48. The molecule has 0 fully saturated rings. The fourth-order valence-electron chi connectivity index (χ4n) is 2.92. The highest BCUT2D eigenvalue weighted by atomic mass is 19.1. The number of rotatable bonds is 12. The molecule has 3 nitrogen and oxygen atoms in total. The lowest BCUT2D eigenvalue weighted by Crippen LogP contribution is -2.34. The van der Waals surface area contributed by atoms with Crippen LogP contribution in [0, 0.1) is 0 Å². The quantitative estimate of drug-likeness (QED) is 0.567. The summed E-state index contributed by atoms with van der Waals surface area (Å²) >= 11 is 0. The number of halogens is 1. The number of alkyl halides is 1. The van der Waals surface area contributed by atoms with Gasteiger partial charge in [-0.1, -0.05) is 74.0 Å². The van der Waals surface area contributed by atoms with Gasteiger partial charge in [-0.2, -0.15) is 0 Å². The molecule has 2 aromatic rings. The zero-order chi connectivity index (χ0) is 18.6. The van der Waals surface area contributed by atoms with E-state index in [1.54, 1.807) is 0 Å². The molecule has 26 heavy (non-hydrogen) atoms. The van der Waals surface area contributed by atoms with E-state index in [0.29, 0.717) is 19.6 Å². The van der Waals surface area contributed by atoms with Crippen molar-refractivity contribution in [3.05, 3.63) is 71.8 Å². The second-order valence-corrected chi connectivity index (χ2v) is 6.75. The summed E-state index contributed by atoms with van der Waals surface area (Å²) in [5, 5.41) is 0. The van der Waals surface area contributed by atoms with E-state index in [2.05, 4.69) is 36.1 Å². The Morgan fingerprint density at radius 3 is 2.00 bits per heavy atom. The first-order valence-electron chi connectivity index (χ1n) is 9.48. The molecule has 2 aromatic carbocycles. The first-order chi connectivity index (χ1) is 12.7. The van der Waals surface area contributed by atoms with Gasteiger partial charge < -0.3 is 10.5 Å². The summed E-state index contributed by atoms with van der Waals surface area (Å²) in [5.74, 6) is 0. The molecule has 0 aliphatic rings. The Labute approximate surface area is 157 Å². The summed E-state index contributed by atoms with van der Waals surface area (Å²) in [4.78, 5) is 2.12. The number of unbranched alkanes of at least 4 members (excludes halogenated alkanes) is 1. The van der Waals surface area contributed by atoms with Crippen molar-refractivity contribution in [1.82, 2.24) is 4.90 Å². The van der Waals surface area contributed by atoms with Crippen LogP contribution < -0.4 is 5.73 Å². The molecule has 142 valence electrons. The molecule has 0 radical (unpaired) electrons. The van der Waals surface area contributed by atoms with Gasteiger partial charge in [-0.05, 0) is 24.0 Å². The molecule has 4 heteroatoms. The van der Waals surface area contributed by atoms with Crippen molar-refractivity contribution >= 4 is 0 Å². The molecular formula is C22H31FN2O. The third kappa shape index (κ3) is 8.09. The van der Waals surface area contributed by atoms with Gasteiger partial charge in [0.05, 0.1) is 6.61 Å². The van der Waals surface area contributed by atoms with E-state index in [9.17, 15) is 4.39 Å². The van der Waals surface area contributed by atoms with Crippen LogP contribution in [0.4, 0.5) is 4.39 Å². The summed E-state index contributed by atoms with van der Waals surface area (Å²) < 4.78 is 20.0. The van der Waals surface area contributed by atoms with Crippen molar-refractivity contribution in [2.24, 2.45) is 5.73 Å². The Morgan fingerprint density at radius 1 is 0.962 bits per heavy atom. The maximum Gasteiger partial charge on any atom is 0.136 e. The van der Waals surface area contributed by atoms with Gasteiger partial charge in [0.15, 0.2) is 0 Å². The molecule has 0 saturated heterocycles. The average molecular weight is 359 g/mol. The SMILES string of the molecule is CCCCC(N)OCC(F)CN(Cc1ccccc1)Cc1ccccc1. The van der Waals surface area contributed by atoms with Gasteiger partial charge in [0.25, 0.3) is 0 Å². The molecule has 0 aliphatic carbocycles. The zero-order valence-corrected chi connectivity index (χ0v) is 15.7. The maximum atomic E-state index is 14.5. The lowest BCUT2D eigenvalue weighted by atomic mass is 10.1. The van der Waals surface area contributed by atoms with Gasteiger partial charge in [0, 0.05) is 19.6 Å². The largest absolute Gasteiger partial charge is 0.361 e. The van der Waals surface area contributed by atoms with Crippen molar-refractivity contribution in [2.45, 2.75) is 51.7 Å². The Hall–Kier alpha value is -1.75. The van der Waals surface area contributed by atoms with Gasteiger partial charge in [-0.15, -0.1) is 0 Å². The van der Waals surface area contributed by atoms with Gasteiger partial charge in [0.1, 0.15) is 12.4 Å². The highest BCUT2D eigenvalue weighted by Crippen LogP contribution is 2.12. The van der Waals surface area contributed by atoms with E-state index in [-0.39, 0.29) is 12.8 Å². The first kappa shape index (κ1) is 20.6. The summed E-state index contributed by atoms with van der Waals surface area (Å²) in [5.41, 5.74) is 8.24. The number of hydrogen-bond donors (Lipinski definition) is 1. The Balaban J connectivity index is 1.90. The van der Waals surface area contributed by atoms with Crippen molar-refractivity contribution in [3.63, 3.8) is 0 Å². The molecular weight excluding hydrogens is 327 g/mol. The molecule has 2 N–H and O–H groups in total. The topological polar surface area (TPSA) is 38.5 Å². The van der Waals surface area contributed by atoms with E-state index >= 15 is 0 Å². The van der Waals surface area contributed by atoms with Crippen LogP contribution in [0.1, 0.15) is 37.3 Å². The maximum absolute atomic E-state index is 14.5. The van der Waals surface area contributed by atoms with Crippen molar-refractivity contribution in [3.8, 4) is 0 Å². The molecule has 2 unspecified atom stereocenters. The van der Waals surface area contributed by atoms with Crippen LogP contribution in [0.3, 0.4) is 0 Å². The minimum Gasteiger partial charge on any atom is -0.361 e. The van der Waals surface area contributed by atoms with Crippen LogP contribution in [-0.4, -0.2) is 30.5 Å². The number of nitrogens with two attached hydrogens (primary N) is 1. The third-order valence-corrected chi connectivity index (χ3v) is 4.29. The van der Waals surface area contributed by atoms with Gasteiger partial charge in [-0.3, -0.25) is 4.90 Å². The summed E-state index contributed by atoms with van der Waals surface area (Å²) in [6.45, 7) is 3.89. The normalized spacial score (nSPS) is 13.7. The Morgan fingerprint density at radius 2 is 1.50 bits per heavy atom. The Kier molecular flexibility index (Phi) is 9.32. The van der Waals surface area contributed by atoms with E-state index < -0.39 is 6.17 Å². The molecule has 0 heterocycles. The van der Waals surface area contributed by atoms with Crippen LogP contribution >= 0.6 is 0 Å². The van der Waals surface area contributed by atoms with Crippen molar-refractivity contribution in [1.29, 1.82) is 0 Å². The molecule has 0 aliphatic heterocycles. The van der Waals surface area contributed by atoms with Gasteiger partial charge >= 0.3 is 0 Å². The minimum atomic E-state index is -1.06. The average Bonchev–Trinajstić information content (AvgIpc) is 2.66. The van der Waals surface area contributed by atoms with E-state index in [1.165, 1.54) is 11.1 Å². The summed E-state index contributed by atoms with van der Waals surface area (Å²) in [6, 6.07) is 20.3. The fourth-order valence-corrected chi connectivity index (χ4v) is 2.92. The molecule has 2 rings (SSSR count). The molecule has 0 saturated carbocycles. The monoisotopic (exact) mass is 358 g/mol. The second kappa shape index (κ2) is 11.8. The van der Waals surface area contributed by atoms with Crippen molar-refractivity contribution < 1.29 is 9.13 Å². The molecule has 2 atom stereocenters. The van der Waals surface area contributed by atoms with Gasteiger partial charge in [-0.25, -0.2) is 4.39 Å². The highest BCUT2D eigenvalue weighted by Gasteiger charge is 2.16. The molecule has 0 aromatic heterocycles. The van der Waals surface area contributed by atoms with Crippen LogP contribution in [0.15, 0.2) is 60.7 Å². The summed E-state index contributed by atoms with van der Waals surface area (Å²) in [7, 11) is 0. The molecule has 0 bridgehead atoms. The molecule has 0 spiro atoms. The smallest absolute Gasteiger partial charge is 0.136 e. The predicted octanol–water partition coefficient (Wildman–Crippen LogP) is 4.52. The molecule has 0 amide bonds. The lowest BCUT2D eigenvalue weighted by molar-refractivity contribution is 0.00555. The van der Waals surface area contributed by atoms with Crippen LogP contribution in [0.2, 0.25) is 0 Å². The fraction of sp³-hybridized carbons (Fsp3) is 0.455. The summed E-state index contributed by atoms with van der Waals surface area (Å²) in [6.07, 6.45) is 1.42. The van der Waals surface area contributed by atoms with E-state index in [1.807, 2.05) is 36.4 Å². The van der Waals surface area contributed by atoms with Crippen molar-refractivity contribution in [2.75, 3.05) is 13.2 Å². The number of hydrogen-bond acceptors (Lipinski definition) is 3. The van der Waals surface area contributed by atoms with Crippen LogP contribution in [-0.2, 0) is 17.8 Å². The number of nitrogens with zero attached hydrogens (tertiary/aromatic N) is 1. The van der Waals surface area contributed by atoms with E-state index in [4.69, 9.17) is 10.5 Å². The third-order valence-electron chi connectivity index (χ3n) is 4.29.